The normalized spacial score (nSPS) is 12.5. The Kier molecular flexibility index (Phi) is 5.31. The van der Waals surface area contributed by atoms with Gasteiger partial charge in [-0.05, 0) is 30.2 Å². The van der Waals surface area contributed by atoms with E-state index in [2.05, 4.69) is 15.6 Å². The van der Waals surface area contributed by atoms with E-state index >= 15 is 0 Å². The summed E-state index contributed by atoms with van der Waals surface area (Å²) in [5, 5.41) is 11.6. The van der Waals surface area contributed by atoms with Gasteiger partial charge in [0.05, 0.1) is 29.0 Å². The third kappa shape index (κ3) is 3.68. The molecule has 2 aromatic carbocycles. The minimum Gasteiger partial charge on any atom is -0.346 e. The van der Waals surface area contributed by atoms with Crippen LogP contribution in [0.2, 0.25) is 0 Å². The quantitative estimate of drug-likeness (QED) is 0.533. The van der Waals surface area contributed by atoms with E-state index in [1.165, 1.54) is 4.68 Å². The molecule has 0 bridgehead atoms. The zero-order valence-electron chi connectivity index (χ0n) is 17.2. The van der Waals surface area contributed by atoms with Crippen molar-refractivity contribution in [2.24, 2.45) is 13.0 Å². The van der Waals surface area contributed by atoms with Crippen molar-refractivity contribution < 1.29 is 4.79 Å². The molecule has 4 rings (SSSR count). The lowest BCUT2D eigenvalue weighted by Crippen LogP contribution is -2.35. The predicted octanol–water partition coefficient (Wildman–Crippen LogP) is 2.58. The summed E-state index contributed by atoms with van der Waals surface area (Å²) in [6, 6.07) is 14.7. The van der Waals surface area contributed by atoms with Crippen LogP contribution < -0.4 is 10.9 Å². The number of fused-ring (bicyclic) bond motifs is 2. The minimum atomic E-state index is -0.246. The first-order chi connectivity index (χ1) is 14.5. The van der Waals surface area contributed by atoms with Crippen LogP contribution in [0.25, 0.3) is 21.9 Å². The van der Waals surface area contributed by atoms with E-state index in [0.717, 1.165) is 16.9 Å². The van der Waals surface area contributed by atoms with Gasteiger partial charge in [-0.2, -0.15) is 0 Å². The molecule has 1 atom stereocenters. The molecule has 2 heterocycles. The van der Waals surface area contributed by atoms with E-state index in [0.29, 0.717) is 10.9 Å². The largest absolute Gasteiger partial charge is 0.346 e. The number of nitrogens with zero attached hydrogens (tertiary/aromatic N) is 5. The maximum absolute atomic E-state index is 12.7. The highest BCUT2D eigenvalue weighted by Gasteiger charge is 2.24. The molecule has 0 saturated heterocycles. The zero-order chi connectivity index (χ0) is 21.3. The number of nitrogens with one attached hydrogen (secondary N) is 1. The van der Waals surface area contributed by atoms with Gasteiger partial charge in [0.25, 0.3) is 5.56 Å². The molecular weight excluding hydrogens is 380 g/mol. The summed E-state index contributed by atoms with van der Waals surface area (Å²) in [6.07, 6.45) is 0.125. The van der Waals surface area contributed by atoms with Crippen molar-refractivity contribution >= 4 is 27.8 Å². The molecule has 154 valence electrons. The summed E-state index contributed by atoms with van der Waals surface area (Å²) >= 11 is 0. The van der Waals surface area contributed by atoms with Crippen molar-refractivity contribution in [2.45, 2.75) is 32.9 Å². The Bertz CT molecular complexity index is 1270. The first-order valence-electron chi connectivity index (χ1n) is 9.99. The topological polar surface area (TPSA) is 94.7 Å². The SMILES string of the molecule is CC(C)C(NC(=O)CCn1nnc2ccccc2c1=O)c1nc2ccccc2n1C. The third-order valence-electron chi connectivity index (χ3n) is 5.26. The van der Waals surface area contributed by atoms with Crippen molar-refractivity contribution in [3.05, 3.63) is 64.7 Å². The van der Waals surface area contributed by atoms with E-state index in [4.69, 9.17) is 4.98 Å². The fourth-order valence-corrected chi connectivity index (χ4v) is 3.59. The number of aromatic nitrogens is 5. The van der Waals surface area contributed by atoms with Crippen LogP contribution in [0, 0.1) is 5.92 Å². The van der Waals surface area contributed by atoms with Gasteiger partial charge in [0.15, 0.2) is 0 Å². The molecule has 8 heteroatoms. The number of carbonyl (C=O) groups is 1. The third-order valence-corrected chi connectivity index (χ3v) is 5.26. The molecule has 0 radical (unpaired) electrons. The molecule has 4 aromatic rings. The highest BCUT2D eigenvalue weighted by molar-refractivity contribution is 5.78. The molecule has 0 spiro atoms. The molecule has 1 N–H and O–H groups in total. The van der Waals surface area contributed by atoms with Crippen LogP contribution in [0.5, 0.6) is 0 Å². The molecule has 1 unspecified atom stereocenters. The van der Waals surface area contributed by atoms with E-state index in [9.17, 15) is 9.59 Å². The molecule has 8 nitrogen and oxygen atoms in total. The number of hydrogen-bond acceptors (Lipinski definition) is 5. The van der Waals surface area contributed by atoms with Gasteiger partial charge in [0.1, 0.15) is 11.3 Å². The van der Waals surface area contributed by atoms with Crippen LogP contribution in [-0.2, 0) is 18.4 Å². The van der Waals surface area contributed by atoms with Crippen LogP contribution in [0.4, 0.5) is 0 Å². The van der Waals surface area contributed by atoms with Crippen LogP contribution in [0.1, 0.15) is 32.1 Å². The van der Waals surface area contributed by atoms with Crippen LogP contribution >= 0.6 is 0 Å². The highest BCUT2D eigenvalue weighted by atomic mass is 16.2. The summed E-state index contributed by atoms with van der Waals surface area (Å²) < 4.78 is 3.25. The van der Waals surface area contributed by atoms with Crippen LogP contribution in [0.3, 0.4) is 0 Å². The summed E-state index contributed by atoms with van der Waals surface area (Å²) in [7, 11) is 1.95. The van der Waals surface area contributed by atoms with Gasteiger partial charge in [-0.25, -0.2) is 9.67 Å². The van der Waals surface area contributed by atoms with Crippen LogP contribution in [0.15, 0.2) is 53.3 Å². The van der Waals surface area contributed by atoms with Gasteiger partial charge in [-0.1, -0.05) is 43.3 Å². The standard InChI is InChI=1S/C22H24N6O2/c1-14(2)20(21-23-17-10-6-7-11-18(17)27(21)3)24-19(29)12-13-28-22(30)15-8-4-5-9-16(15)25-26-28/h4-11,14,20H,12-13H2,1-3H3,(H,24,29). The maximum Gasteiger partial charge on any atom is 0.277 e. The van der Waals surface area contributed by atoms with Gasteiger partial charge in [0, 0.05) is 13.5 Å². The van der Waals surface area contributed by atoms with E-state index in [-0.39, 0.29) is 36.4 Å². The van der Waals surface area contributed by atoms with Gasteiger partial charge < -0.3 is 9.88 Å². The minimum absolute atomic E-state index is 0.125. The number of hydrogen-bond donors (Lipinski definition) is 1. The predicted molar refractivity (Wildman–Crippen MR) is 115 cm³/mol. The van der Waals surface area contributed by atoms with Crippen molar-refractivity contribution in [1.29, 1.82) is 0 Å². The van der Waals surface area contributed by atoms with Crippen LogP contribution in [-0.4, -0.2) is 30.5 Å². The number of amides is 1. The number of rotatable bonds is 6. The monoisotopic (exact) mass is 404 g/mol. The van der Waals surface area contributed by atoms with Gasteiger partial charge >= 0.3 is 0 Å². The Morgan fingerprint density at radius 2 is 1.77 bits per heavy atom. The summed E-state index contributed by atoms with van der Waals surface area (Å²) in [5.74, 6) is 0.789. The molecule has 30 heavy (non-hydrogen) atoms. The Morgan fingerprint density at radius 1 is 1.07 bits per heavy atom. The van der Waals surface area contributed by atoms with E-state index < -0.39 is 0 Å². The lowest BCUT2D eigenvalue weighted by Gasteiger charge is -2.22. The lowest BCUT2D eigenvalue weighted by molar-refractivity contribution is -0.122. The average molecular weight is 404 g/mol. The number of imidazole rings is 1. The number of carbonyl (C=O) groups excluding carboxylic acids is 1. The second-order valence-electron chi connectivity index (χ2n) is 7.69. The molecule has 2 aromatic heterocycles. The van der Waals surface area contributed by atoms with Gasteiger partial charge in [0.2, 0.25) is 5.91 Å². The van der Waals surface area contributed by atoms with Crippen molar-refractivity contribution in [3.63, 3.8) is 0 Å². The Labute approximate surface area is 173 Å². The number of benzene rings is 2. The fourth-order valence-electron chi connectivity index (χ4n) is 3.59. The van der Waals surface area contributed by atoms with Gasteiger partial charge in [-0.3, -0.25) is 9.59 Å². The Balaban J connectivity index is 1.51. The van der Waals surface area contributed by atoms with E-state index in [1.807, 2.05) is 49.7 Å². The lowest BCUT2D eigenvalue weighted by atomic mass is 10.0. The molecule has 0 aliphatic carbocycles. The van der Waals surface area contributed by atoms with Crippen molar-refractivity contribution in [3.8, 4) is 0 Å². The summed E-state index contributed by atoms with van der Waals surface area (Å²) in [4.78, 5) is 30.0. The maximum atomic E-state index is 12.7. The second-order valence-corrected chi connectivity index (χ2v) is 7.69. The smallest absolute Gasteiger partial charge is 0.277 e. The zero-order valence-corrected chi connectivity index (χ0v) is 17.2. The molecule has 0 aliphatic heterocycles. The molecule has 0 aliphatic rings. The number of para-hydroxylation sites is 2. The first kappa shape index (κ1) is 19.8. The summed E-state index contributed by atoms with van der Waals surface area (Å²) in [5.41, 5.74) is 2.22. The summed E-state index contributed by atoms with van der Waals surface area (Å²) in [6.45, 7) is 4.25. The highest BCUT2D eigenvalue weighted by Crippen LogP contribution is 2.24. The van der Waals surface area contributed by atoms with Crippen molar-refractivity contribution in [1.82, 2.24) is 29.9 Å². The molecule has 0 fully saturated rings. The fraction of sp³-hybridized carbons (Fsp3) is 0.318. The Morgan fingerprint density at radius 3 is 2.50 bits per heavy atom. The molecule has 1 amide bonds. The molecule has 0 saturated carbocycles. The van der Waals surface area contributed by atoms with Crippen molar-refractivity contribution in [2.75, 3.05) is 0 Å². The average Bonchev–Trinajstić information content (AvgIpc) is 3.08. The Hall–Kier alpha value is -3.55. The second kappa shape index (κ2) is 8.06. The number of aryl methyl sites for hydroxylation is 2. The molecular formula is C22H24N6O2. The first-order valence-corrected chi connectivity index (χ1v) is 9.99. The van der Waals surface area contributed by atoms with Gasteiger partial charge in [-0.15, -0.1) is 5.10 Å². The van der Waals surface area contributed by atoms with E-state index in [1.54, 1.807) is 24.3 Å².